The van der Waals surface area contributed by atoms with Crippen LogP contribution in [0.5, 0.6) is 0 Å². The Balaban J connectivity index is 1.33. The van der Waals surface area contributed by atoms with Crippen LogP contribution in [0.15, 0.2) is 46.0 Å². The Bertz CT molecular complexity index is 1310. The molecule has 1 amide bonds. The standard InChI is InChI=1S/C25H29N5O2S/c1-16-8-9-19(12-17(16)2)30-23-21(14-27-30)24(32)29-20(15-33-25(29)28-23)13-22(31)26-11-10-18-6-4-3-5-7-18/h6,8-9,12,14,20H,3-5,7,10-11,13,15H2,1-2H3,(H,26,31). The van der Waals surface area contributed by atoms with Gasteiger partial charge in [-0.15, -0.1) is 0 Å². The minimum Gasteiger partial charge on any atom is -0.356 e. The van der Waals surface area contributed by atoms with Gasteiger partial charge >= 0.3 is 0 Å². The summed E-state index contributed by atoms with van der Waals surface area (Å²) in [5.74, 6) is 0.660. The molecule has 3 heterocycles. The van der Waals surface area contributed by atoms with E-state index in [1.165, 1.54) is 35.7 Å². The van der Waals surface area contributed by atoms with Crippen LogP contribution in [0.2, 0.25) is 0 Å². The fourth-order valence-electron chi connectivity index (χ4n) is 4.61. The number of amides is 1. The molecule has 33 heavy (non-hydrogen) atoms. The van der Waals surface area contributed by atoms with Crippen LogP contribution in [0.3, 0.4) is 0 Å². The van der Waals surface area contributed by atoms with Gasteiger partial charge in [-0.25, -0.2) is 9.67 Å². The molecular formula is C25H29N5O2S. The first-order valence-electron chi connectivity index (χ1n) is 11.7. The molecule has 0 bridgehead atoms. The van der Waals surface area contributed by atoms with E-state index < -0.39 is 0 Å². The molecule has 3 aromatic rings. The van der Waals surface area contributed by atoms with Gasteiger partial charge in [-0.1, -0.05) is 29.5 Å². The summed E-state index contributed by atoms with van der Waals surface area (Å²) >= 11 is 1.53. The molecule has 172 valence electrons. The third kappa shape index (κ3) is 4.36. The van der Waals surface area contributed by atoms with Crippen molar-refractivity contribution >= 4 is 28.7 Å². The molecule has 1 N–H and O–H groups in total. The number of aromatic nitrogens is 4. The number of benzene rings is 1. The lowest BCUT2D eigenvalue weighted by molar-refractivity contribution is -0.121. The first-order valence-corrected chi connectivity index (χ1v) is 12.6. The van der Waals surface area contributed by atoms with Crippen LogP contribution in [0.25, 0.3) is 16.7 Å². The second-order valence-electron chi connectivity index (χ2n) is 9.01. The van der Waals surface area contributed by atoms with Crippen molar-refractivity contribution in [3.8, 4) is 5.69 Å². The molecule has 2 aromatic heterocycles. The Labute approximate surface area is 197 Å². The van der Waals surface area contributed by atoms with E-state index in [0.717, 1.165) is 30.5 Å². The van der Waals surface area contributed by atoms with Crippen molar-refractivity contribution in [1.82, 2.24) is 24.6 Å². The molecule has 1 aliphatic carbocycles. The molecule has 1 atom stereocenters. The smallest absolute Gasteiger partial charge is 0.265 e. The molecular weight excluding hydrogens is 434 g/mol. The van der Waals surface area contributed by atoms with E-state index in [9.17, 15) is 9.59 Å². The van der Waals surface area contributed by atoms with Crippen molar-refractivity contribution in [2.24, 2.45) is 0 Å². The monoisotopic (exact) mass is 463 g/mol. The van der Waals surface area contributed by atoms with Gasteiger partial charge < -0.3 is 5.32 Å². The van der Waals surface area contributed by atoms with Crippen molar-refractivity contribution in [3.63, 3.8) is 0 Å². The maximum Gasteiger partial charge on any atom is 0.265 e. The number of nitrogens with one attached hydrogen (secondary N) is 1. The molecule has 1 unspecified atom stereocenters. The Morgan fingerprint density at radius 2 is 2.12 bits per heavy atom. The summed E-state index contributed by atoms with van der Waals surface area (Å²) in [7, 11) is 0. The molecule has 0 spiro atoms. The zero-order valence-electron chi connectivity index (χ0n) is 19.1. The molecule has 1 aromatic carbocycles. The predicted octanol–water partition coefficient (Wildman–Crippen LogP) is 4.24. The number of allylic oxidation sites excluding steroid dienone is 1. The van der Waals surface area contributed by atoms with Gasteiger partial charge in [0.2, 0.25) is 5.91 Å². The van der Waals surface area contributed by atoms with Crippen LogP contribution in [0.4, 0.5) is 0 Å². The maximum atomic E-state index is 13.3. The van der Waals surface area contributed by atoms with Crippen molar-refractivity contribution < 1.29 is 4.79 Å². The lowest BCUT2D eigenvalue weighted by Crippen LogP contribution is -2.31. The first kappa shape index (κ1) is 21.9. The molecule has 2 aliphatic rings. The van der Waals surface area contributed by atoms with Crippen LogP contribution in [0, 0.1) is 13.8 Å². The van der Waals surface area contributed by atoms with Gasteiger partial charge in [-0.3, -0.25) is 14.2 Å². The minimum absolute atomic E-state index is 0.0114. The molecule has 0 saturated carbocycles. The number of hydrogen-bond acceptors (Lipinski definition) is 5. The quantitative estimate of drug-likeness (QED) is 0.437. The Morgan fingerprint density at radius 3 is 2.91 bits per heavy atom. The second-order valence-corrected chi connectivity index (χ2v) is 10.00. The number of thioether (sulfide) groups is 1. The topological polar surface area (TPSA) is 81.8 Å². The van der Waals surface area contributed by atoms with E-state index in [1.54, 1.807) is 15.4 Å². The molecule has 7 nitrogen and oxygen atoms in total. The number of carbonyl (C=O) groups excluding carboxylic acids is 1. The van der Waals surface area contributed by atoms with Crippen molar-refractivity contribution in [2.45, 2.75) is 63.6 Å². The van der Waals surface area contributed by atoms with E-state index in [1.807, 2.05) is 12.1 Å². The SMILES string of the molecule is Cc1ccc(-n2ncc3c(=O)n4c(nc32)SCC4CC(=O)NCCC2=CCCCC2)cc1C. The summed E-state index contributed by atoms with van der Waals surface area (Å²) in [6, 6.07) is 5.91. The van der Waals surface area contributed by atoms with Crippen LogP contribution in [0.1, 0.15) is 55.7 Å². The third-order valence-electron chi connectivity index (χ3n) is 6.68. The van der Waals surface area contributed by atoms with Gasteiger partial charge in [0, 0.05) is 18.7 Å². The van der Waals surface area contributed by atoms with Crippen LogP contribution in [-0.2, 0) is 4.79 Å². The summed E-state index contributed by atoms with van der Waals surface area (Å²) < 4.78 is 3.41. The van der Waals surface area contributed by atoms with Gasteiger partial charge in [-0.2, -0.15) is 5.10 Å². The van der Waals surface area contributed by atoms with Gasteiger partial charge in [0.05, 0.1) is 17.9 Å². The number of aryl methyl sites for hydroxylation is 2. The summed E-state index contributed by atoms with van der Waals surface area (Å²) in [4.78, 5) is 30.7. The van der Waals surface area contributed by atoms with E-state index in [-0.39, 0.29) is 23.9 Å². The number of carbonyl (C=O) groups is 1. The third-order valence-corrected chi connectivity index (χ3v) is 7.78. The van der Waals surface area contributed by atoms with Crippen molar-refractivity contribution in [2.75, 3.05) is 12.3 Å². The summed E-state index contributed by atoms with van der Waals surface area (Å²) in [5.41, 5.74) is 5.14. The Morgan fingerprint density at radius 1 is 1.24 bits per heavy atom. The van der Waals surface area contributed by atoms with Crippen LogP contribution < -0.4 is 10.9 Å². The van der Waals surface area contributed by atoms with E-state index in [4.69, 9.17) is 4.98 Å². The first-order chi connectivity index (χ1) is 16.0. The largest absolute Gasteiger partial charge is 0.356 e. The highest BCUT2D eigenvalue weighted by Gasteiger charge is 2.29. The molecule has 5 rings (SSSR count). The Hall–Kier alpha value is -2.87. The molecule has 0 radical (unpaired) electrons. The second kappa shape index (κ2) is 9.17. The number of rotatable bonds is 6. The number of fused-ring (bicyclic) bond motifs is 2. The van der Waals surface area contributed by atoms with Crippen LogP contribution >= 0.6 is 11.8 Å². The van der Waals surface area contributed by atoms with Gasteiger partial charge in [-0.05, 0) is 69.2 Å². The van der Waals surface area contributed by atoms with Crippen LogP contribution in [-0.4, -0.2) is 37.5 Å². The molecule has 0 fully saturated rings. The zero-order chi connectivity index (χ0) is 22.9. The summed E-state index contributed by atoms with van der Waals surface area (Å²) in [5, 5.41) is 8.63. The minimum atomic E-state index is -0.187. The molecule has 1 aliphatic heterocycles. The lowest BCUT2D eigenvalue weighted by atomic mass is 9.97. The van der Waals surface area contributed by atoms with E-state index in [2.05, 4.69) is 36.4 Å². The zero-order valence-corrected chi connectivity index (χ0v) is 20.0. The normalized spacial score (nSPS) is 17.8. The average Bonchev–Trinajstić information content (AvgIpc) is 3.41. The maximum absolute atomic E-state index is 13.3. The summed E-state index contributed by atoms with van der Waals surface area (Å²) in [6.45, 7) is 4.78. The van der Waals surface area contributed by atoms with E-state index >= 15 is 0 Å². The Kier molecular flexibility index (Phi) is 6.10. The van der Waals surface area contributed by atoms with Crippen molar-refractivity contribution in [1.29, 1.82) is 0 Å². The number of nitrogens with zero attached hydrogens (tertiary/aromatic N) is 4. The fourth-order valence-corrected chi connectivity index (χ4v) is 5.74. The average molecular weight is 464 g/mol. The van der Waals surface area contributed by atoms with Gasteiger partial charge in [0.15, 0.2) is 10.8 Å². The fraction of sp³-hybridized carbons (Fsp3) is 0.440. The lowest BCUT2D eigenvalue weighted by Gasteiger charge is -2.15. The molecule has 8 heteroatoms. The highest BCUT2D eigenvalue weighted by Crippen LogP contribution is 2.33. The molecule has 0 saturated heterocycles. The predicted molar refractivity (Wildman–Crippen MR) is 131 cm³/mol. The highest BCUT2D eigenvalue weighted by molar-refractivity contribution is 7.99. The van der Waals surface area contributed by atoms with Crippen molar-refractivity contribution in [3.05, 3.63) is 57.5 Å². The summed E-state index contributed by atoms with van der Waals surface area (Å²) in [6.07, 6.45) is 9.94. The van der Waals surface area contributed by atoms with Gasteiger partial charge in [0.1, 0.15) is 5.39 Å². The number of hydrogen-bond donors (Lipinski definition) is 1. The van der Waals surface area contributed by atoms with Gasteiger partial charge in [0.25, 0.3) is 5.56 Å². The van der Waals surface area contributed by atoms with E-state index in [0.29, 0.717) is 28.5 Å². The highest BCUT2D eigenvalue weighted by atomic mass is 32.2.